The van der Waals surface area contributed by atoms with Crippen LogP contribution in [0.5, 0.6) is 11.6 Å². The summed E-state index contributed by atoms with van der Waals surface area (Å²) in [5.74, 6) is -0.742. The van der Waals surface area contributed by atoms with Gasteiger partial charge in [-0.3, -0.25) is 4.79 Å². The van der Waals surface area contributed by atoms with Crippen LogP contribution in [0.2, 0.25) is 0 Å². The number of carbonyl (C=O) groups excluding carboxylic acids is 1. The van der Waals surface area contributed by atoms with Gasteiger partial charge in [-0.05, 0) is 61.1 Å². The molecular weight excluding hydrogens is 521 g/mol. The third kappa shape index (κ3) is 7.98. The highest BCUT2D eigenvalue weighted by Gasteiger charge is 2.27. The van der Waals surface area contributed by atoms with Crippen molar-refractivity contribution in [3.8, 4) is 22.9 Å². The number of sulfonamides is 1. The molecule has 1 amide bonds. The van der Waals surface area contributed by atoms with Gasteiger partial charge in [0.2, 0.25) is 5.88 Å². The molecule has 0 aliphatic carbocycles. The Morgan fingerprint density at radius 1 is 1.00 bits per heavy atom. The summed E-state index contributed by atoms with van der Waals surface area (Å²) < 4.78 is 54.2. The van der Waals surface area contributed by atoms with Gasteiger partial charge in [0, 0.05) is 20.2 Å². The molecule has 1 aromatic carbocycles. The van der Waals surface area contributed by atoms with Gasteiger partial charge in [0.1, 0.15) is 23.2 Å². The van der Waals surface area contributed by atoms with Crippen molar-refractivity contribution in [1.82, 2.24) is 14.7 Å². The predicted octanol–water partition coefficient (Wildman–Crippen LogP) is 6.30. The molecule has 2 aromatic heterocycles. The summed E-state index contributed by atoms with van der Waals surface area (Å²) in [4.78, 5) is 21.8. The van der Waals surface area contributed by atoms with Crippen LogP contribution in [-0.4, -0.2) is 37.0 Å². The molecule has 0 aliphatic rings. The normalized spacial score (nSPS) is 11.9. The zero-order valence-electron chi connectivity index (χ0n) is 23.4. The van der Waals surface area contributed by atoms with Crippen molar-refractivity contribution in [2.75, 3.05) is 6.61 Å². The maximum absolute atomic E-state index is 14.5. The van der Waals surface area contributed by atoms with Crippen LogP contribution in [0.15, 0.2) is 53.6 Å². The molecule has 39 heavy (non-hydrogen) atoms. The van der Waals surface area contributed by atoms with Crippen LogP contribution in [0.1, 0.15) is 60.4 Å². The van der Waals surface area contributed by atoms with Gasteiger partial charge in [-0.2, -0.15) is 8.42 Å². The van der Waals surface area contributed by atoms with Gasteiger partial charge < -0.3 is 9.47 Å². The van der Waals surface area contributed by atoms with Crippen molar-refractivity contribution >= 4 is 15.9 Å². The van der Waals surface area contributed by atoms with E-state index < -0.39 is 21.7 Å². The van der Waals surface area contributed by atoms with Crippen molar-refractivity contribution in [3.05, 3.63) is 65.6 Å². The minimum absolute atomic E-state index is 0. The van der Waals surface area contributed by atoms with E-state index in [2.05, 4.69) is 14.7 Å². The average Bonchev–Trinajstić information content (AvgIpc) is 2.85. The Kier molecular flexibility index (Phi) is 9.66. The maximum Gasteiger partial charge on any atom is 0.281 e. The van der Waals surface area contributed by atoms with Gasteiger partial charge in [-0.25, -0.2) is 19.1 Å². The van der Waals surface area contributed by atoms with Gasteiger partial charge >= 0.3 is 0 Å². The molecule has 2 heterocycles. The van der Waals surface area contributed by atoms with Crippen molar-refractivity contribution < 1.29 is 29.9 Å². The van der Waals surface area contributed by atoms with Gasteiger partial charge in [0.15, 0.2) is 5.03 Å². The molecule has 0 bridgehead atoms. The van der Waals surface area contributed by atoms with Crippen molar-refractivity contribution in [3.63, 3.8) is 0 Å². The van der Waals surface area contributed by atoms with Crippen molar-refractivity contribution in [2.24, 2.45) is 17.8 Å². The number of halogens is 1. The monoisotopic (exact) mass is 561 g/mol. The molecule has 0 spiro atoms. The first kappa shape index (κ1) is 30.0. The molecule has 0 fully saturated rings. The number of rotatable bonds is 11. The number of pyridine rings is 2. The topological polar surface area (TPSA) is 107 Å². The lowest BCUT2D eigenvalue weighted by molar-refractivity contribution is 0.0902. The number of nitrogens with one attached hydrogen (secondary N) is 1. The minimum atomic E-state index is -4.26. The molecule has 0 aliphatic heterocycles. The molecule has 8 nitrogen and oxygen atoms in total. The molecule has 214 valence electrons. The molecule has 0 unspecified atom stereocenters. The quantitative estimate of drug-likeness (QED) is 0.293. The summed E-state index contributed by atoms with van der Waals surface area (Å²) in [5, 5.41) is -0.279. The Morgan fingerprint density at radius 3 is 2.31 bits per heavy atom. The first-order valence-electron chi connectivity index (χ1n) is 12.9. The summed E-state index contributed by atoms with van der Waals surface area (Å²) in [6, 6.07) is 11.7. The standard InChI is InChI=1S/C29H36FN3O5S.2H2/c1-17(2)16-37-23-14-21(13-22(30)15-23)25-12-11-24(29(32-25)38-27(18(3)4)19(5)6)28(34)33-39(35,36)26-10-8-9-20(7)31-26;;/h8-15,17-19,27H,16H2,1-7H3,(H,33,34);2*1H. The van der Waals surface area contributed by atoms with Crippen LogP contribution >= 0.6 is 0 Å². The largest absolute Gasteiger partial charge is 0.493 e. The predicted molar refractivity (Wildman–Crippen MR) is 152 cm³/mol. The second-order valence-corrected chi connectivity index (χ2v) is 12.2. The van der Waals surface area contributed by atoms with Gasteiger partial charge in [-0.1, -0.05) is 47.6 Å². The summed E-state index contributed by atoms with van der Waals surface area (Å²) >= 11 is 0. The fourth-order valence-corrected chi connectivity index (χ4v) is 4.97. The Hall–Kier alpha value is -3.53. The maximum atomic E-state index is 14.5. The lowest BCUT2D eigenvalue weighted by atomic mass is 9.96. The number of amides is 1. The zero-order valence-corrected chi connectivity index (χ0v) is 24.2. The van der Waals surface area contributed by atoms with E-state index in [1.54, 1.807) is 25.1 Å². The summed E-state index contributed by atoms with van der Waals surface area (Å²) in [6.45, 7) is 14.0. The van der Waals surface area contributed by atoms with E-state index in [0.29, 0.717) is 29.3 Å². The fourth-order valence-electron chi connectivity index (χ4n) is 3.99. The Bertz CT molecular complexity index is 1430. The van der Waals surface area contributed by atoms with Crippen LogP contribution in [0.3, 0.4) is 0 Å². The van der Waals surface area contributed by atoms with E-state index in [0.717, 1.165) is 0 Å². The van der Waals surface area contributed by atoms with Crippen LogP contribution in [0.25, 0.3) is 11.3 Å². The summed E-state index contributed by atoms with van der Waals surface area (Å²) in [7, 11) is -4.26. The third-order valence-electron chi connectivity index (χ3n) is 5.78. The molecule has 1 N–H and O–H groups in total. The summed E-state index contributed by atoms with van der Waals surface area (Å²) in [6.07, 6.45) is -0.327. The second kappa shape index (κ2) is 12.5. The number of hydrogen-bond acceptors (Lipinski definition) is 7. The minimum Gasteiger partial charge on any atom is -0.493 e. The number of hydrogen-bond donors (Lipinski definition) is 1. The van der Waals surface area contributed by atoms with Crippen molar-refractivity contribution in [2.45, 2.75) is 59.6 Å². The molecule has 10 heteroatoms. The van der Waals surface area contributed by atoms with E-state index in [9.17, 15) is 17.6 Å². The third-order valence-corrected chi connectivity index (χ3v) is 7.01. The smallest absolute Gasteiger partial charge is 0.281 e. The first-order valence-corrected chi connectivity index (χ1v) is 14.4. The number of aryl methyl sites for hydroxylation is 1. The number of carbonyl (C=O) groups is 1. The molecule has 0 atom stereocenters. The van der Waals surface area contributed by atoms with Crippen LogP contribution in [0, 0.1) is 30.5 Å². The fraction of sp³-hybridized carbons (Fsp3) is 0.414. The second-order valence-electron chi connectivity index (χ2n) is 10.6. The molecule has 0 saturated heterocycles. The average molecular weight is 562 g/mol. The molecule has 3 aromatic rings. The summed E-state index contributed by atoms with van der Waals surface area (Å²) in [5.41, 5.74) is 1.18. The molecular formula is C29H40FN3O5S. The van der Waals surface area contributed by atoms with Crippen LogP contribution in [0.4, 0.5) is 4.39 Å². The van der Waals surface area contributed by atoms with Gasteiger partial charge in [0.25, 0.3) is 15.9 Å². The first-order chi connectivity index (χ1) is 18.3. The number of nitrogens with zero attached hydrogens (tertiary/aromatic N) is 2. The Morgan fingerprint density at radius 2 is 1.69 bits per heavy atom. The molecule has 0 saturated carbocycles. The van der Waals surface area contributed by atoms with Gasteiger partial charge in [0.05, 0.1) is 12.3 Å². The van der Waals surface area contributed by atoms with Crippen LogP contribution in [-0.2, 0) is 10.0 Å². The highest BCUT2D eigenvalue weighted by molar-refractivity contribution is 7.90. The lowest BCUT2D eigenvalue weighted by Gasteiger charge is -2.26. The number of benzene rings is 1. The highest BCUT2D eigenvalue weighted by atomic mass is 32.2. The van der Waals surface area contributed by atoms with Crippen molar-refractivity contribution in [1.29, 1.82) is 0 Å². The van der Waals surface area contributed by atoms with E-state index in [-0.39, 0.29) is 43.2 Å². The molecule has 3 rings (SSSR count). The Labute approximate surface area is 233 Å². The van der Waals surface area contributed by atoms with E-state index >= 15 is 0 Å². The van der Waals surface area contributed by atoms with Gasteiger partial charge in [-0.15, -0.1) is 0 Å². The number of aromatic nitrogens is 2. The SMILES string of the molecule is Cc1cccc(S(=O)(=O)NC(=O)c2ccc(-c3cc(F)cc(OCC(C)C)c3)nc2OC(C(C)C)C(C)C)n1.[HH].[HH]. The van der Waals surface area contributed by atoms with E-state index in [4.69, 9.17) is 9.47 Å². The zero-order chi connectivity index (χ0) is 28.9. The Balaban J connectivity index is 0.00000420. The van der Waals surface area contributed by atoms with E-state index in [1.165, 1.54) is 30.3 Å². The number of ether oxygens (including phenoxy) is 2. The lowest BCUT2D eigenvalue weighted by Crippen LogP contribution is -2.33. The van der Waals surface area contributed by atoms with Crippen LogP contribution < -0.4 is 14.2 Å². The highest BCUT2D eigenvalue weighted by Crippen LogP contribution is 2.30. The van der Waals surface area contributed by atoms with E-state index in [1.807, 2.05) is 41.5 Å². The molecule has 0 radical (unpaired) electrons.